The first-order chi connectivity index (χ1) is 15.9. The lowest BCUT2D eigenvalue weighted by molar-refractivity contribution is 0.102. The summed E-state index contributed by atoms with van der Waals surface area (Å²) in [6.07, 6.45) is 1.56. The molecule has 0 spiro atoms. The Morgan fingerprint density at radius 2 is 1.88 bits per heavy atom. The molecule has 8 heteroatoms. The van der Waals surface area contributed by atoms with E-state index in [1.165, 1.54) is 0 Å². The van der Waals surface area contributed by atoms with Gasteiger partial charge in [-0.15, -0.1) is 0 Å². The molecule has 0 saturated carbocycles. The van der Waals surface area contributed by atoms with Crippen LogP contribution in [-0.2, 0) is 0 Å². The molecule has 0 fully saturated rings. The minimum atomic E-state index is -0.235. The van der Waals surface area contributed by atoms with E-state index >= 15 is 0 Å². The molecular weight excluding hydrogens is 438 g/mol. The molecule has 0 aliphatic rings. The van der Waals surface area contributed by atoms with E-state index in [1.54, 1.807) is 53.3 Å². The summed E-state index contributed by atoms with van der Waals surface area (Å²) < 4.78 is 7.49. The van der Waals surface area contributed by atoms with Crippen molar-refractivity contribution in [2.45, 2.75) is 20.8 Å². The molecule has 4 rings (SSSR count). The Bertz CT molecular complexity index is 1390. The Kier molecular flexibility index (Phi) is 6.11. The molecule has 1 N–H and O–H groups in total. The van der Waals surface area contributed by atoms with Crippen LogP contribution in [0.4, 0.5) is 5.69 Å². The highest BCUT2D eigenvalue weighted by Crippen LogP contribution is 2.27. The van der Waals surface area contributed by atoms with Crippen LogP contribution in [0.3, 0.4) is 0 Å². The summed E-state index contributed by atoms with van der Waals surface area (Å²) in [5.74, 6) is 0.523. The highest BCUT2D eigenvalue weighted by atomic mass is 35.5. The van der Waals surface area contributed by atoms with Crippen molar-refractivity contribution in [3.8, 4) is 23.4 Å². The van der Waals surface area contributed by atoms with Gasteiger partial charge in [0, 0.05) is 17.4 Å². The van der Waals surface area contributed by atoms with Gasteiger partial charge in [-0.05, 0) is 80.9 Å². The number of carbonyl (C=O) groups is 1. The van der Waals surface area contributed by atoms with Gasteiger partial charge in [0.2, 0.25) is 5.88 Å². The molecule has 0 aliphatic carbocycles. The van der Waals surface area contributed by atoms with Crippen molar-refractivity contribution >= 4 is 23.2 Å². The summed E-state index contributed by atoms with van der Waals surface area (Å²) >= 11 is 6.23. The molecule has 7 nitrogen and oxygen atoms in total. The van der Waals surface area contributed by atoms with Crippen molar-refractivity contribution in [1.82, 2.24) is 14.8 Å². The molecule has 0 atom stereocenters. The Labute approximate surface area is 196 Å². The molecule has 33 heavy (non-hydrogen) atoms. The lowest BCUT2D eigenvalue weighted by atomic mass is 10.1. The smallest absolute Gasteiger partial charge is 0.255 e. The van der Waals surface area contributed by atoms with E-state index in [2.05, 4.69) is 21.5 Å². The second kappa shape index (κ2) is 9.15. The van der Waals surface area contributed by atoms with Crippen molar-refractivity contribution in [2.75, 3.05) is 5.32 Å². The van der Waals surface area contributed by atoms with Crippen molar-refractivity contribution in [3.63, 3.8) is 0 Å². The number of ether oxygens (including phenoxy) is 1. The van der Waals surface area contributed by atoms with E-state index < -0.39 is 0 Å². The van der Waals surface area contributed by atoms with Crippen molar-refractivity contribution < 1.29 is 9.53 Å². The van der Waals surface area contributed by atoms with Crippen LogP contribution in [0.25, 0.3) is 5.69 Å². The number of pyridine rings is 1. The zero-order valence-electron chi connectivity index (χ0n) is 18.3. The lowest BCUT2D eigenvalue weighted by Gasteiger charge is -2.12. The third-order valence-corrected chi connectivity index (χ3v) is 5.68. The summed E-state index contributed by atoms with van der Waals surface area (Å²) in [7, 11) is 0. The van der Waals surface area contributed by atoms with Gasteiger partial charge in [0.1, 0.15) is 17.4 Å². The fraction of sp³-hybridized carbons (Fsp3) is 0.120. The van der Waals surface area contributed by atoms with Gasteiger partial charge in [-0.1, -0.05) is 11.6 Å². The standard InChI is InChI=1S/C25H20ClN5O2/c1-15-13-21(33-25-19(14-27)5-4-12-28-25)10-11-22(15)29-24(32)18-6-8-20(9-7-18)31-17(3)23(26)16(2)30-31/h4-13H,1-3H3,(H,29,32). The number of amides is 1. The zero-order chi connectivity index (χ0) is 23.5. The van der Waals surface area contributed by atoms with E-state index in [4.69, 9.17) is 16.3 Å². The van der Waals surface area contributed by atoms with Crippen molar-refractivity contribution in [2.24, 2.45) is 0 Å². The first-order valence-corrected chi connectivity index (χ1v) is 10.5. The second-order valence-corrected chi connectivity index (χ2v) is 7.82. The van der Waals surface area contributed by atoms with Gasteiger partial charge in [-0.25, -0.2) is 9.67 Å². The Morgan fingerprint density at radius 3 is 2.52 bits per heavy atom. The number of nitrogens with zero attached hydrogens (tertiary/aromatic N) is 4. The van der Waals surface area contributed by atoms with E-state index in [1.807, 2.05) is 32.9 Å². The molecule has 2 heterocycles. The summed E-state index contributed by atoms with van der Waals surface area (Å²) in [4.78, 5) is 16.9. The van der Waals surface area contributed by atoms with E-state index in [0.717, 1.165) is 22.6 Å². The largest absolute Gasteiger partial charge is 0.438 e. The molecule has 0 saturated heterocycles. The molecule has 0 unspecified atom stereocenters. The normalized spacial score (nSPS) is 10.5. The summed E-state index contributed by atoms with van der Waals surface area (Å²) in [6, 6.07) is 17.8. The molecule has 0 bridgehead atoms. The first kappa shape index (κ1) is 22.1. The molecule has 1 amide bonds. The Morgan fingerprint density at radius 1 is 1.12 bits per heavy atom. The molecular formula is C25H20ClN5O2. The summed E-state index contributed by atoms with van der Waals surface area (Å²) in [5.41, 5.74) is 4.75. The van der Waals surface area contributed by atoms with Gasteiger partial charge in [-0.3, -0.25) is 4.79 Å². The van der Waals surface area contributed by atoms with Gasteiger partial charge in [0.15, 0.2) is 0 Å². The SMILES string of the molecule is Cc1cc(Oc2ncccc2C#N)ccc1NC(=O)c1ccc(-n2nc(C)c(Cl)c2C)cc1. The van der Waals surface area contributed by atoms with Crippen molar-refractivity contribution in [3.05, 3.63) is 93.9 Å². The molecule has 4 aromatic rings. The van der Waals surface area contributed by atoms with Crippen LogP contribution in [0, 0.1) is 32.1 Å². The fourth-order valence-electron chi connectivity index (χ4n) is 3.33. The van der Waals surface area contributed by atoms with Gasteiger partial charge < -0.3 is 10.1 Å². The monoisotopic (exact) mass is 457 g/mol. The van der Waals surface area contributed by atoms with Crippen LogP contribution in [-0.4, -0.2) is 20.7 Å². The van der Waals surface area contributed by atoms with Gasteiger partial charge in [0.05, 0.1) is 22.1 Å². The number of carbonyl (C=O) groups excluding carboxylic acids is 1. The minimum absolute atomic E-state index is 0.235. The first-order valence-electron chi connectivity index (χ1n) is 10.1. The number of nitrogens with one attached hydrogen (secondary N) is 1. The van der Waals surface area contributed by atoms with E-state index in [-0.39, 0.29) is 11.8 Å². The van der Waals surface area contributed by atoms with E-state index in [9.17, 15) is 10.1 Å². The predicted molar refractivity (Wildman–Crippen MR) is 126 cm³/mol. The number of halogens is 1. The molecule has 0 radical (unpaired) electrons. The van der Waals surface area contributed by atoms with Crippen molar-refractivity contribution in [1.29, 1.82) is 5.26 Å². The quantitative estimate of drug-likeness (QED) is 0.411. The minimum Gasteiger partial charge on any atom is -0.438 e. The fourth-order valence-corrected chi connectivity index (χ4v) is 3.45. The second-order valence-electron chi connectivity index (χ2n) is 7.44. The van der Waals surface area contributed by atoms with Gasteiger partial charge in [0.25, 0.3) is 5.91 Å². The van der Waals surface area contributed by atoms with Crippen LogP contribution < -0.4 is 10.1 Å². The number of aromatic nitrogens is 3. The topological polar surface area (TPSA) is 92.8 Å². The van der Waals surface area contributed by atoms with Crippen LogP contribution >= 0.6 is 11.6 Å². The third-order valence-electron chi connectivity index (χ3n) is 5.13. The molecule has 2 aromatic carbocycles. The van der Waals surface area contributed by atoms with Crippen LogP contribution in [0.15, 0.2) is 60.8 Å². The average molecular weight is 458 g/mol. The molecule has 2 aromatic heterocycles. The maximum atomic E-state index is 12.8. The van der Waals surface area contributed by atoms with E-state index in [0.29, 0.717) is 27.6 Å². The number of nitriles is 1. The number of aryl methyl sites for hydroxylation is 2. The number of hydrogen-bond acceptors (Lipinski definition) is 5. The summed E-state index contributed by atoms with van der Waals surface area (Å²) in [6.45, 7) is 5.61. The lowest BCUT2D eigenvalue weighted by Crippen LogP contribution is -2.13. The molecule has 0 aliphatic heterocycles. The van der Waals surface area contributed by atoms with Gasteiger partial charge in [-0.2, -0.15) is 10.4 Å². The van der Waals surface area contributed by atoms with Crippen LogP contribution in [0.5, 0.6) is 11.6 Å². The van der Waals surface area contributed by atoms with Gasteiger partial charge >= 0.3 is 0 Å². The highest BCUT2D eigenvalue weighted by Gasteiger charge is 2.13. The van der Waals surface area contributed by atoms with Crippen LogP contribution in [0.2, 0.25) is 5.02 Å². The highest BCUT2D eigenvalue weighted by molar-refractivity contribution is 6.31. The number of benzene rings is 2. The average Bonchev–Trinajstić information content (AvgIpc) is 3.08. The number of rotatable bonds is 5. The maximum Gasteiger partial charge on any atom is 0.255 e. The predicted octanol–water partition coefficient (Wildman–Crippen LogP) is 5.76. The molecule has 164 valence electrons. The Hall–Kier alpha value is -4.15. The maximum absolute atomic E-state index is 12.8. The summed E-state index contributed by atoms with van der Waals surface area (Å²) in [5, 5.41) is 17.2. The Balaban J connectivity index is 1.48. The van der Waals surface area contributed by atoms with Crippen LogP contribution in [0.1, 0.15) is 32.9 Å². The number of hydrogen-bond donors (Lipinski definition) is 1. The third kappa shape index (κ3) is 4.56. The number of anilines is 1. The zero-order valence-corrected chi connectivity index (χ0v) is 19.0.